The van der Waals surface area contributed by atoms with Crippen molar-refractivity contribution in [2.75, 3.05) is 0 Å². The minimum Gasteiger partial charge on any atom is -0.336 e. The van der Waals surface area contributed by atoms with E-state index in [0.717, 1.165) is 0 Å². The van der Waals surface area contributed by atoms with Gasteiger partial charge in [-0.15, -0.1) is 17.8 Å². The van der Waals surface area contributed by atoms with Crippen LogP contribution in [0, 0.1) is 20.8 Å². The molecule has 1 heteroatoms. The van der Waals surface area contributed by atoms with Gasteiger partial charge in [-0.25, -0.2) is 0 Å². The number of benzene rings is 3. The molecule has 0 nitrogen and oxygen atoms in total. The van der Waals surface area contributed by atoms with Crippen molar-refractivity contribution >= 4 is 0 Å². The van der Waals surface area contributed by atoms with Crippen LogP contribution in [-0.2, 0) is 17.4 Å². The Labute approximate surface area is 184 Å². The third-order valence-corrected chi connectivity index (χ3v) is 4.11. The Kier molecular flexibility index (Phi) is 14.2. The molecule has 0 aliphatic rings. The van der Waals surface area contributed by atoms with Gasteiger partial charge >= 0.3 is 17.4 Å². The fraction of sp³-hybridized carbons (Fsp3) is 0.222. The van der Waals surface area contributed by atoms with Crippen LogP contribution < -0.4 is 0 Å². The van der Waals surface area contributed by atoms with Crippen LogP contribution in [0.4, 0.5) is 0 Å². The maximum absolute atomic E-state index is 3.91. The maximum atomic E-state index is 3.91. The summed E-state index contributed by atoms with van der Waals surface area (Å²) in [7, 11) is 0. The van der Waals surface area contributed by atoms with Crippen LogP contribution in [0.2, 0.25) is 0 Å². The molecule has 0 N–H and O–H groups in total. The minimum atomic E-state index is 0. The Morgan fingerprint density at radius 2 is 0.607 bits per heavy atom. The molecule has 3 rings (SSSR count). The zero-order chi connectivity index (χ0) is 20.1. The van der Waals surface area contributed by atoms with Gasteiger partial charge < -0.3 is 20.8 Å². The van der Waals surface area contributed by atoms with E-state index in [0.29, 0.717) is 17.8 Å². The van der Waals surface area contributed by atoms with Crippen LogP contribution in [0.15, 0.2) is 91.0 Å². The predicted molar refractivity (Wildman–Crippen MR) is 121 cm³/mol. The summed E-state index contributed by atoms with van der Waals surface area (Å²) < 4.78 is 0. The predicted octanol–water partition coefficient (Wildman–Crippen LogP) is 7.87. The first kappa shape index (κ1) is 26.2. The number of rotatable bonds is 3. The first-order valence-corrected chi connectivity index (χ1v) is 9.55. The Bertz CT molecular complexity index is 598. The SMILES string of the molecule is [CH2-]C(C)c1ccccc1.[CH2-]C(C)c1ccccc1.[CH2-]C(C)c1ccccc1.[Cr+3]. The number of hydrogen-bond acceptors (Lipinski definition) is 0. The summed E-state index contributed by atoms with van der Waals surface area (Å²) in [5.41, 5.74) is 3.91. The fourth-order valence-electron chi connectivity index (χ4n) is 2.34. The van der Waals surface area contributed by atoms with Crippen molar-refractivity contribution in [3.8, 4) is 0 Å². The van der Waals surface area contributed by atoms with Crippen LogP contribution in [0.3, 0.4) is 0 Å². The normalized spacial score (nSPS) is 12.6. The summed E-state index contributed by atoms with van der Waals surface area (Å²) in [5.74, 6) is 1.23. The van der Waals surface area contributed by atoms with Gasteiger partial charge in [-0.05, 0) is 0 Å². The molecule has 0 amide bonds. The topological polar surface area (TPSA) is 0 Å². The average molecular weight is 410 g/mol. The van der Waals surface area contributed by atoms with E-state index in [1.54, 1.807) is 0 Å². The van der Waals surface area contributed by atoms with E-state index in [4.69, 9.17) is 0 Å². The molecule has 0 spiro atoms. The Balaban J connectivity index is 0.000000384. The quantitative estimate of drug-likeness (QED) is 0.386. The molecule has 3 aromatic rings. The summed E-state index contributed by atoms with van der Waals surface area (Å²) in [6.45, 7) is 18.0. The van der Waals surface area contributed by atoms with Gasteiger partial charge in [0.05, 0.1) is 0 Å². The van der Waals surface area contributed by atoms with E-state index in [1.807, 2.05) is 54.6 Å². The fourth-order valence-corrected chi connectivity index (χ4v) is 2.34. The van der Waals surface area contributed by atoms with E-state index < -0.39 is 0 Å². The minimum absolute atomic E-state index is 0. The molecule has 0 aliphatic heterocycles. The molecular weight excluding hydrogens is 376 g/mol. The van der Waals surface area contributed by atoms with Crippen molar-refractivity contribution in [1.29, 1.82) is 0 Å². The zero-order valence-corrected chi connectivity index (χ0v) is 18.7. The van der Waals surface area contributed by atoms with Gasteiger partial charge in [0.1, 0.15) is 0 Å². The molecule has 3 aromatic carbocycles. The van der Waals surface area contributed by atoms with Gasteiger partial charge in [-0.2, -0.15) is 0 Å². The van der Waals surface area contributed by atoms with Gasteiger partial charge in [0.15, 0.2) is 0 Å². The van der Waals surface area contributed by atoms with Crippen molar-refractivity contribution in [2.24, 2.45) is 0 Å². The van der Waals surface area contributed by atoms with Crippen molar-refractivity contribution in [3.05, 3.63) is 128 Å². The number of hydrogen-bond donors (Lipinski definition) is 0. The van der Waals surface area contributed by atoms with Gasteiger partial charge in [0.2, 0.25) is 0 Å². The third-order valence-electron chi connectivity index (χ3n) is 4.11. The van der Waals surface area contributed by atoms with Crippen LogP contribution >= 0.6 is 0 Å². The standard InChI is InChI=1S/3C9H11.Cr/c3*1-8(2)9-6-4-3-5-7-9;/h3*3-8H,1H2,2H3;/q3*-1;+3. The summed E-state index contributed by atoms with van der Waals surface area (Å²) in [5, 5.41) is 0. The van der Waals surface area contributed by atoms with Gasteiger partial charge in [0.25, 0.3) is 0 Å². The Hall–Kier alpha value is -1.81. The van der Waals surface area contributed by atoms with Crippen molar-refractivity contribution < 1.29 is 17.4 Å². The molecule has 0 aromatic heterocycles. The molecule has 28 heavy (non-hydrogen) atoms. The average Bonchev–Trinajstić information content (AvgIpc) is 2.71. The van der Waals surface area contributed by atoms with Crippen molar-refractivity contribution in [2.45, 2.75) is 38.5 Å². The summed E-state index contributed by atoms with van der Waals surface area (Å²) in [6, 6.07) is 30.9. The van der Waals surface area contributed by atoms with Gasteiger partial charge in [-0.1, -0.05) is 128 Å². The molecule has 0 bridgehead atoms. The zero-order valence-electron chi connectivity index (χ0n) is 17.4. The molecule has 147 valence electrons. The van der Waals surface area contributed by atoms with E-state index in [-0.39, 0.29) is 17.4 Å². The van der Waals surface area contributed by atoms with Crippen molar-refractivity contribution in [1.82, 2.24) is 0 Å². The second-order valence-electron chi connectivity index (χ2n) is 6.94. The van der Waals surface area contributed by atoms with E-state index in [1.165, 1.54) is 16.7 Å². The molecular formula is C27H33Cr. The Morgan fingerprint density at radius 3 is 0.714 bits per heavy atom. The largest absolute Gasteiger partial charge is 3.00 e. The smallest absolute Gasteiger partial charge is 0.336 e. The monoisotopic (exact) mass is 409 g/mol. The van der Waals surface area contributed by atoms with Crippen molar-refractivity contribution in [3.63, 3.8) is 0 Å². The van der Waals surface area contributed by atoms with Crippen LogP contribution in [0.1, 0.15) is 55.2 Å². The summed E-state index contributed by atoms with van der Waals surface area (Å²) >= 11 is 0. The molecule has 0 saturated heterocycles. The second-order valence-corrected chi connectivity index (χ2v) is 6.94. The summed E-state index contributed by atoms with van der Waals surface area (Å²) in [6.07, 6.45) is 0. The summed E-state index contributed by atoms with van der Waals surface area (Å²) in [4.78, 5) is 0. The molecule has 3 unspecified atom stereocenters. The molecule has 0 aliphatic carbocycles. The Morgan fingerprint density at radius 1 is 0.429 bits per heavy atom. The van der Waals surface area contributed by atoms with E-state index in [2.05, 4.69) is 77.9 Å². The third kappa shape index (κ3) is 11.1. The van der Waals surface area contributed by atoms with Crippen LogP contribution in [0.25, 0.3) is 0 Å². The van der Waals surface area contributed by atoms with E-state index >= 15 is 0 Å². The molecule has 0 heterocycles. The first-order valence-electron chi connectivity index (χ1n) is 9.55. The van der Waals surface area contributed by atoms with Crippen LogP contribution in [0.5, 0.6) is 0 Å². The van der Waals surface area contributed by atoms with Gasteiger partial charge in [-0.3, -0.25) is 0 Å². The second kappa shape index (κ2) is 15.2. The van der Waals surface area contributed by atoms with E-state index in [9.17, 15) is 0 Å². The molecule has 3 atom stereocenters. The van der Waals surface area contributed by atoms with Gasteiger partial charge in [0, 0.05) is 0 Å². The first-order chi connectivity index (χ1) is 12.9. The maximum Gasteiger partial charge on any atom is 3.00 e. The molecule has 1 radical (unpaired) electrons. The van der Waals surface area contributed by atoms with Crippen LogP contribution in [-0.4, -0.2) is 0 Å². The molecule has 0 saturated carbocycles. The molecule has 0 fully saturated rings.